The van der Waals surface area contributed by atoms with Crippen LogP contribution >= 0.6 is 11.3 Å². The average molecular weight is 479 g/mol. The fraction of sp³-hybridized carbons (Fsp3) is 0.227. The molecule has 0 radical (unpaired) electrons. The summed E-state index contributed by atoms with van der Waals surface area (Å²) in [7, 11) is 2.94. The standard InChI is InChI=1S/C22H20F3N3O4S/c1-31-17-8-7-15(11-18(17)32-2)27-20(30)19(29)26-10-9-16-12-33-21(28-16)13-3-5-14(6-4-13)22(23,24)25/h3-8,11-12H,9-10H2,1-2H3,(H,26,29)(H,27,30). The molecular weight excluding hydrogens is 459 g/mol. The summed E-state index contributed by atoms with van der Waals surface area (Å²) in [6.07, 6.45) is -4.04. The van der Waals surface area contributed by atoms with Gasteiger partial charge in [0, 0.05) is 35.7 Å². The maximum Gasteiger partial charge on any atom is 0.416 e. The van der Waals surface area contributed by atoms with Crippen LogP contribution in [0.4, 0.5) is 18.9 Å². The zero-order chi connectivity index (χ0) is 24.0. The molecule has 174 valence electrons. The summed E-state index contributed by atoms with van der Waals surface area (Å²) in [5, 5.41) is 7.30. The highest BCUT2D eigenvalue weighted by Gasteiger charge is 2.30. The van der Waals surface area contributed by atoms with Gasteiger partial charge in [-0.15, -0.1) is 11.3 Å². The van der Waals surface area contributed by atoms with Gasteiger partial charge in [0.1, 0.15) is 5.01 Å². The van der Waals surface area contributed by atoms with Crippen LogP contribution < -0.4 is 20.1 Å². The summed E-state index contributed by atoms with van der Waals surface area (Å²) >= 11 is 1.28. The second kappa shape index (κ2) is 10.3. The molecule has 11 heteroatoms. The number of thiazole rings is 1. The van der Waals surface area contributed by atoms with Crippen molar-refractivity contribution in [3.05, 3.63) is 59.1 Å². The van der Waals surface area contributed by atoms with Crippen LogP contribution in [0.25, 0.3) is 10.6 Å². The second-order valence-electron chi connectivity index (χ2n) is 6.75. The summed E-state index contributed by atoms with van der Waals surface area (Å²) in [5.74, 6) is -0.768. The number of carbonyl (C=O) groups excluding carboxylic acids is 2. The zero-order valence-corrected chi connectivity index (χ0v) is 18.5. The van der Waals surface area contributed by atoms with Crippen molar-refractivity contribution < 1.29 is 32.2 Å². The van der Waals surface area contributed by atoms with Crippen LogP contribution in [-0.2, 0) is 22.2 Å². The number of amides is 2. The molecule has 0 atom stereocenters. The number of ether oxygens (including phenoxy) is 2. The van der Waals surface area contributed by atoms with E-state index in [-0.39, 0.29) is 6.54 Å². The minimum absolute atomic E-state index is 0.161. The van der Waals surface area contributed by atoms with E-state index in [0.717, 1.165) is 12.1 Å². The largest absolute Gasteiger partial charge is 0.493 e. The Hall–Kier alpha value is -3.60. The van der Waals surface area contributed by atoms with Gasteiger partial charge in [0.2, 0.25) is 0 Å². The van der Waals surface area contributed by atoms with Crippen molar-refractivity contribution in [3.8, 4) is 22.1 Å². The number of hydrogen-bond acceptors (Lipinski definition) is 6. The molecule has 7 nitrogen and oxygen atoms in total. The van der Waals surface area contributed by atoms with Crippen LogP contribution in [0.15, 0.2) is 47.8 Å². The monoisotopic (exact) mass is 479 g/mol. The Morgan fingerprint density at radius 1 is 1.00 bits per heavy atom. The number of methoxy groups -OCH3 is 2. The van der Waals surface area contributed by atoms with Gasteiger partial charge in [0.15, 0.2) is 11.5 Å². The van der Waals surface area contributed by atoms with Crippen molar-refractivity contribution in [3.63, 3.8) is 0 Å². The zero-order valence-electron chi connectivity index (χ0n) is 17.7. The van der Waals surface area contributed by atoms with Gasteiger partial charge in [0.05, 0.1) is 25.5 Å². The topological polar surface area (TPSA) is 89.5 Å². The number of benzene rings is 2. The maximum absolute atomic E-state index is 12.7. The first-order valence-electron chi connectivity index (χ1n) is 9.64. The molecule has 33 heavy (non-hydrogen) atoms. The van der Waals surface area contributed by atoms with Gasteiger partial charge in [-0.2, -0.15) is 13.2 Å². The number of nitrogens with one attached hydrogen (secondary N) is 2. The predicted molar refractivity (Wildman–Crippen MR) is 117 cm³/mol. The van der Waals surface area contributed by atoms with E-state index in [1.54, 1.807) is 17.5 Å². The molecule has 0 aliphatic heterocycles. The fourth-order valence-electron chi connectivity index (χ4n) is 2.84. The molecule has 0 saturated carbocycles. The van der Waals surface area contributed by atoms with E-state index in [2.05, 4.69) is 15.6 Å². The first-order valence-corrected chi connectivity index (χ1v) is 10.5. The highest BCUT2D eigenvalue weighted by molar-refractivity contribution is 7.13. The number of rotatable bonds is 7. The van der Waals surface area contributed by atoms with Gasteiger partial charge in [-0.3, -0.25) is 9.59 Å². The molecule has 2 N–H and O–H groups in total. The van der Waals surface area contributed by atoms with Crippen LogP contribution in [-0.4, -0.2) is 37.6 Å². The molecule has 0 saturated heterocycles. The van der Waals surface area contributed by atoms with Gasteiger partial charge >= 0.3 is 18.0 Å². The van der Waals surface area contributed by atoms with Crippen molar-refractivity contribution in [2.45, 2.75) is 12.6 Å². The van der Waals surface area contributed by atoms with Crippen LogP contribution in [0.3, 0.4) is 0 Å². The molecule has 2 aromatic carbocycles. The maximum atomic E-state index is 12.7. The van der Waals surface area contributed by atoms with E-state index in [1.165, 1.54) is 43.8 Å². The van der Waals surface area contributed by atoms with Crippen LogP contribution in [0.5, 0.6) is 11.5 Å². The first kappa shape index (κ1) is 24.1. The molecule has 2 amide bonds. The lowest BCUT2D eigenvalue weighted by molar-refractivity contribution is -0.137. The van der Waals surface area contributed by atoms with E-state index in [9.17, 15) is 22.8 Å². The number of carbonyl (C=O) groups is 2. The Balaban J connectivity index is 1.51. The van der Waals surface area contributed by atoms with Crippen molar-refractivity contribution in [2.75, 3.05) is 26.1 Å². The number of aromatic nitrogens is 1. The van der Waals surface area contributed by atoms with Gasteiger partial charge in [-0.1, -0.05) is 12.1 Å². The number of anilines is 1. The van der Waals surface area contributed by atoms with Crippen molar-refractivity contribution in [2.24, 2.45) is 0 Å². The first-order chi connectivity index (χ1) is 15.7. The van der Waals surface area contributed by atoms with Crippen LogP contribution in [0.2, 0.25) is 0 Å². The van der Waals surface area contributed by atoms with E-state index in [0.29, 0.717) is 39.9 Å². The predicted octanol–water partition coefficient (Wildman–Crippen LogP) is 4.14. The summed E-state index contributed by atoms with van der Waals surface area (Å²) in [4.78, 5) is 28.6. The highest BCUT2D eigenvalue weighted by atomic mass is 32.1. The molecule has 0 unspecified atom stereocenters. The Morgan fingerprint density at radius 3 is 2.33 bits per heavy atom. The van der Waals surface area contributed by atoms with Gasteiger partial charge < -0.3 is 20.1 Å². The lowest BCUT2D eigenvalue weighted by atomic mass is 10.1. The molecular formula is C22H20F3N3O4S. The summed E-state index contributed by atoms with van der Waals surface area (Å²) < 4.78 is 48.3. The van der Waals surface area contributed by atoms with Crippen LogP contribution in [0, 0.1) is 0 Å². The smallest absolute Gasteiger partial charge is 0.416 e. The van der Waals surface area contributed by atoms with Crippen LogP contribution in [0.1, 0.15) is 11.3 Å². The number of nitrogens with zero attached hydrogens (tertiary/aromatic N) is 1. The van der Waals surface area contributed by atoms with Gasteiger partial charge in [-0.25, -0.2) is 4.98 Å². The quantitative estimate of drug-likeness (QED) is 0.497. The van der Waals surface area contributed by atoms with Gasteiger partial charge in [0.25, 0.3) is 0 Å². The van der Waals surface area contributed by atoms with E-state index >= 15 is 0 Å². The average Bonchev–Trinajstić information content (AvgIpc) is 3.27. The normalized spacial score (nSPS) is 11.1. The third-order valence-electron chi connectivity index (χ3n) is 4.53. The number of hydrogen-bond donors (Lipinski definition) is 2. The third-order valence-corrected chi connectivity index (χ3v) is 5.47. The molecule has 0 aliphatic rings. The molecule has 1 aromatic heterocycles. The summed E-state index contributed by atoms with van der Waals surface area (Å²) in [6, 6.07) is 9.45. The van der Waals surface area contributed by atoms with E-state index < -0.39 is 23.6 Å². The Labute approximate surface area is 191 Å². The Bertz CT molecular complexity index is 1130. The Morgan fingerprint density at radius 2 is 1.70 bits per heavy atom. The fourth-order valence-corrected chi connectivity index (χ4v) is 3.70. The second-order valence-corrected chi connectivity index (χ2v) is 7.61. The van der Waals surface area contributed by atoms with Gasteiger partial charge in [-0.05, 0) is 24.3 Å². The molecule has 3 aromatic rings. The minimum Gasteiger partial charge on any atom is -0.493 e. The molecule has 0 aliphatic carbocycles. The van der Waals surface area contributed by atoms with Crippen molar-refractivity contribution in [1.29, 1.82) is 0 Å². The van der Waals surface area contributed by atoms with E-state index in [4.69, 9.17) is 9.47 Å². The number of halogens is 3. The molecule has 3 rings (SSSR count). The summed E-state index contributed by atoms with van der Waals surface area (Å²) in [6.45, 7) is 0.161. The lowest BCUT2D eigenvalue weighted by Crippen LogP contribution is -2.36. The minimum atomic E-state index is -4.39. The molecule has 0 bridgehead atoms. The number of alkyl halides is 3. The van der Waals surface area contributed by atoms with Crippen molar-refractivity contribution >= 4 is 28.8 Å². The molecule has 0 fully saturated rings. The van der Waals surface area contributed by atoms with Crippen molar-refractivity contribution in [1.82, 2.24) is 10.3 Å². The van der Waals surface area contributed by atoms with E-state index in [1.807, 2.05) is 0 Å². The SMILES string of the molecule is COc1ccc(NC(=O)C(=O)NCCc2csc(-c3ccc(C(F)(F)F)cc3)n2)cc1OC. The summed E-state index contributed by atoms with van der Waals surface area (Å²) in [5.41, 5.74) is 0.860. The lowest BCUT2D eigenvalue weighted by Gasteiger charge is -2.10. The molecule has 0 spiro atoms. The highest BCUT2D eigenvalue weighted by Crippen LogP contribution is 2.32. The Kier molecular flexibility index (Phi) is 7.54. The molecule has 1 heterocycles. The third kappa shape index (κ3) is 6.22.